The van der Waals surface area contributed by atoms with Gasteiger partial charge in [0.15, 0.2) is 5.82 Å². The van der Waals surface area contributed by atoms with Crippen molar-refractivity contribution in [3.05, 3.63) is 95.2 Å². The smallest absolute Gasteiger partial charge is 0.158 e. The van der Waals surface area contributed by atoms with E-state index in [9.17, 15) is 5.11 Å². The molecule has 0 radical (unpaired) electrons. The Morgan fingerprint density at radius 3 is 2.46 bits per heavy atom. The number of nitrogens with zero attached hydrogens (tertiary/aromatic N) is 3. The number of halogens is 2. The Morgan fingerprint density at radius 2 is 1.68 bits per heavy atom. The van der Waals surface area contributed by atoms with Gasteiger partial charge in [0, 0.05) is 54.1 Å². The monoisotopic (exact) mass is 571 g/mol. The van der Waals surface area contributed by atoms with Crippen LogP contribution < -0.4 is 15.4 Å². The number of hydrogen-bond donors (Lipinski definition) is 3. The Bertz CT molecular complexity index is 1720. The first kappa shape index (κ1) is 28.4. The summed E-state index contributed by atoms with van der Waals surface area (Å²) >= 11 is 7.01. The molecule has 2 heterocycles. The molecular weight excluding hydrogens is 541 g/mol. The highest BCUT2D eigenvalue weighted by Crippen LogP contribution is 2.41. The maximum absolute atomic E-state index is 15.3. The second-order valence-electron chi connectivity index (χ2n) is 10.4. The molecule has 7 nitrogen and oxygen atoms in total. The van der Waals surface area contributed by atoms with Crippen LogP contribution in [0.2, 0.25) is 5.02 Å². The van der Waals surface area contributed by atoms with Crippen molar-refractivity contribution in [2.24, 2.45) is 0 Å². The first-order valence-electron chi connectivity index (χ1n) is 13.2. The van der Waals surface area contributed by atoms with Crippen molar-refractivity contribution in [1.29, 1.82) is 0 Å². The van der Waals surface area contributed by atoms with Crippen molar-refractivity contribution in [3.8, 4) is 28.0 Å². The fourth-order valence-electron chi connectivity index (χ4n) is 4.76. The van der Waals surface area contributed by atoms with Gasteiger partial charge in [-0.15, -0.1) is 0 Å². The second-order valence-corrected chi connectivity index (χ2v) is 10.8. The van der Waals surface area contributed by atoms with Crippen LogP contribution in [0.25, 0.3) is 33.3 Å². The van der Waals surface area contributed by atoms with Crippen molar-refractivity contribution < 1.29 is 14.2 Å². The summed E-state index contributed by atoms with van der Waals surface area (Å²) in [5.41, 5.74) is 5.72. The molecule has 5 aromatic rings. The number of fused-ring (bicyclic) bond motifs is 1. The third-order valence-corrected chi connectivity index (χ3v) is 7.21. The molecule has 0 unspecified atom stereocenters. The molecule has 0 spiro atoms. The molecule has 41 heavy (non-hydrogen) atoms. The topological polar surface area (TPSA) is 92.2 Å². The van der Waals surface area contributed by atoms with E-state index in [0.717, 1.165) is 27.9 Å². The van der Waals surface area contributed by atoms with E-state index in [0.29, 0.717) is 45.3 Å². The first-order valence-corrected chi connectivity index (χ1v) is 13.5. The summed E-state index contributed by atoms with van der Waals surface area (Å²) in [6, 6.07) is 16.7. The van der Waals surface area contributed by atoms with Crippen molar-refractivity contribution in [1.82, 2.24) is 20.3 Å². The first-order chi connectivity index (χ1) is 19.7. The highest BCUT2D eigenvalue weighted by atomic mass is 35.5. The predicted molar refractivity (Wildman–Crippen MR) is 162 cm³/mol. The van der Waals surface area contributed by atoms with Gasteiger partial charge in [-0.2, -0.15) is 0 Å². The number of hydrogen-bond acceptors (Lipinski definition) is 7. The summed E-state index contributed by atoms with van der Waals surface area (Å²) in [6.07, 6.45) is 4.98. The van der Waals surface area contributed by atoms with Crippen LogP contribution in [0.1, 0.15) is 25.0 Å². The lowest BCUT2D eigenvalue weighted by Crippen LogP contribution is -2.34. The fraction of sp³-hybridized carbons (Fsp3) is 0.219. The average Bonchev–Trinajstić information content (AvgIpc) is 2.95. The van der Waals surface area contributed by atoms with Crippen LogP contribution in [-0.4, -0.2) is 39.3 Å². The fourth-order valence-corrected chi connectivity index (χ4v) is 5.09. The van der Waals surface area contributed by atoms with Crippen molar-refractivity contribution in [2.45, 2.75) is 32.9 Å². The van der Waals surface area contributed by atoms with Gasteiger partial charge in [-0.1, -0.05) is 41.9 Å². The molecule has 0 aliphatic carbocycles. The normalized spacial score (nSPS) is 11.6. The number of pyridine rings is 1. The number of methoxy groups -OCH3 is 1. The Balaban J connectivity index is 1.49. The van der Waals surface area contributed by atoms with E-state index in [2.05, 4.69) is 25.6 Å². The number of nitrogens with one attached hydrogen (secondary N) is 2. The Labute approximate surface area is 243 Å². The molecule has 0 fully saturated rings. The zero-order valence-electron chi connectivity index (χ0n) is 23.3. The van der Waals surface area contributed by atoms with Crippen molar-refractivity contribution >= 4 is 34.1 Å². The van der Waals surface area contributed by atoms with E-state index in [1.807, 2.05) is 49.4 Å². The molecule has 0 saturated heterocycles. The molecular formula is C32H31ClFN5O2. The van der Waals surface area contributed by atoms with Crippen LogP contribution in [0.15, 0.2) is 73.2 Å². The van der Waals surface area contributed by atoms with Gasteiger partial charge in [0.25, 0.3) is 0 Å². The largest absolute Gasteiger partial charge is 0.496 e. The molecule has 5 rings (SSSR count). The summed E-state index contributed by atoms with van der Waals surface area (Å²) in [7, 11) is 1.51. The van der Waals surface area contributed by atoms with Gasteiger partial charge in [-0.3, -0.25) is 4.98 Å². The zero-order valence-corrected chi connectivity index (χ0v) is 24.1. The molecule has 0 atom stereocenters. The van der Waals surface area contributed by atoms with E-state index < -0.39 is 11.4 Å². The standard InChI is InChI=1S/C32H31ClFN5O2/c1-19-21(7-6-10-26(19)39-31-30-27(11-12-38-31)36-13-14-37-30)23-9-5-8-22(29(23)33)20-15-25(34)24(28(16-20)41-4)17-35-18-32(2,3)40/h5-16,35,40H,17-18H2,1-4H3,(H,38,39). The Hall–Kier alpha value is -4.11. The predicted octanol–water partition coefficient (Wildman–Crippen LogP) is 7.07. The average molecular weight is 572 g/mol. The summed E-state index contributed by atoms with van der Waals surface area (Å²) < 4.78 is 20.9. The van der Waals surface area contributed by atoms with Crippen molar-refractivity contribution in [3.63, 3.8) is 0 Å². The summed E-state index contributed by atoms with van der Waals surface area (Å²) in [5.74, 6) is 0.588. The lowest BCUT2D eigenvalue weighted by atomic mass is 9.94. The minimum atomic E-state index is -0.915. The lowest BCUT2D eigenvalue weighted by molar-refractivity contribution is 0.0793. The second kappa shape index (κ2) is 11.8. The maximum atomic E-state index is 15.3. The molecule has 0 aliphatic rings. The lowest BCUT2D eigenvalue weighted by Gasteiger charge is -2.19. The van der Waals surface area contributed by atoms with Gasteiger partial charge in [-0.05, 0) is 61.7 Å². The maximum Gasteiger partial charge on any atom is 0.158 e. The highest BCUT2D eigenvalue weighted by molar-refractivity contribution is 6.36. The van der Waals surface area contributed by atoms with Crippen LogP contribution in [-0.2, 0) is 6.54 Å². The third-order valence-electron chi connectivity index (χ3n) is 6.81. The van der Waals surface area contributed by atoms with E-state index >= 15 is 4.39 Å². The van der Waals surface area contributed by atoms with E-state index in [1.165, 1.54) is 13.2 Å². The molecule has 0 aliphatic heterocycles. The van der Waals surface area contributed by atoms with Gasteiger partial charge in [0.2, 0.25) is 0 Å². The molecule has 0 amide bonds. The number of rotatable bonds is 9. The van der Waals surface area contributed by atoms with Crippen LogP contribution >= 0.6 is 11.6 Å². The van der Waals surface area contributed by atoms with Crippen LogP contribution in [0.3, 0.4) is 0 Å². The summed E-state index contributed by atoms with van der Waals surface area (Å²) in [6.45, 7) is 5.91. The Morgan fingerprint density at radius 1 is 0.951 bits per heavy atom. The van der Waals surface area contributed by atoms with Crippen LogP contribution in [0, 0.1) is 12.7 Å². The molecule has 0 saturated carbocycles. The number of ether oxygens (including phenoxy) is 1. The molecule has 210 valence electrons. The van der Waals surface area contributed by atoms with Gasteiger partial charge in [0.05, 0.1) is 23.3 Å². The SMILES string of the molecule is COc1cc(-c2cccc(-c3cccc(Nc4nccc5nccnc45)c3C)c2Cl)cc(F)c1CNCC(C)(C)O. The third kappa shape index (κ3) is 6.15. The molecule has 3 aromatic carbocycles. The van der Waals surface area contributed by atoms with Gasteiger partial charge in [-0.25, -0.2) is 14.4 Å². The minimum Gasteiger partial charge on any atom is -0.496 e. The number of anilines is 2. The molecule has 0 bridgehead atoms. The van der Waals surface area contributed by atoms with E-state index in [4.69, 9.17) is 16.3 Å². The Kier molecular flexibility index (Phi) is 8.17. The van der Waals surface area contributed by atoms with Crippen LogP contribution in [0.4, 0.5) is 15.9 Å². The van der Waals surface area contributed by atoms with Crippen molar-refractivity contribution in [2.75, 3.05) is 19.0 Å². The number of aliphatic hydroxyl groups is 1. The van der Waals surface area contributed by atoms with Gasteiger partial charge < -0.3 is 20.5 Å². The van der Waals surface area contributed by atoms with E-state index in [1.54, 1.807) is 38.5 Å². The number of aromatic nitrogens is 3. The quantitative estimate of drug-likeness (QED) is 0.174. The van der Waals surface area contributed by atoms with Crippen LogP contribution in [0.5, 0.6) is 5.75 Å². The summed E-state index contributed by atoms with van der Waals surface area (Å²) in [5, 5.41) is 17.0. The summed E-state index contributed by atoms with van der Waals surface area (Å²) in [4.78, 5) is 13.3. The van der Waals surface area contributed by atoms with Gasteiger partial charge >= 0.3 is 0 Å². The highest BCUT2D eigenvalue weighted by Gasteiger charge is 2.19. The number of benzene rings is 3. The van der Waals surface area contributed by atoms with Gasteiger partial charge in [0.1, 0.15) is 17.1 Å². The molecule has 3 N–H and O–H groups in total. The molecule has 9 heteroatoms. The van der Waals surface area contributed by atoms with E-state index in [-0.39, 0.29) is 6.54 Å². The minimum absolute atomic E-state index is 0.211. The molecule has 2 aromatic heterocycles. The zero-order chi connectivity index (χ0) is 29.1.